The van der Waals surface area contributed by atoms with Gasteiger partial charge in [-0.1, -0.05) is 36.3 Å². The Morgan fingerprint density at radius 1 is 1.07 bits per heavy atom. The number of nitrogens with zero attached hydrogens (tertiary/aromatic N) is 5. The summed E-state index contributed by atoms with van der Waals surface area (Å²) in [5.41, 5.74) is 9.64. The Labute approximate surface area is 168 Å². The fraction of sp³-hybridized carbons (Fsp3) is 0.238. The van der Waals surface area contributed by atoms with Gasteiger partial charge in [0.05, 0.1) is 24.9 Å². The SMILES string of the molecule is COCCn1cc(-c2nc(C(C)c3ccc(-c4ccc(N)nc4)cc3)no2)cn1. The van der Waals surface area contributed by atoms with Gasteiger partial charge in [-0.15, -0.1) is 0 Å². The molecule has 0 saturated carbocycles. The van der Waals surface area contributed by atoms with Crippen LogP contribution in [0.4, 0.5) is 5.82 Å². The molecule has 0 aliphatic carbocycles. The first-order valence-electron chi connectivity index (χ1n) is 9.31. The standard InChI is InChI=1S/C21H22N6O2/c1-14(15-3-5-16(6-4-15)17-7-8-19(22)23-11-17)20-25-21(29-26-20)18-12-24-27(13-18)9-10-28-2/h3-8,11-14H,9-10H2,1-2H3,(H2,22,23). The average Bonchev–Trinajstić information content (AvgIpc) is 3.42. The van der Waals surface area contributed by atoms with Gasteiger partial charge in [0.1, 0.15) is 5.82 Å². The van der Waals surface area contributed by atoms with E-state index in [-0.39, 0.29) is 5.92 Å². The van der Waals surface area contributed by atoms with Gasteiger partial charge >= 0.3 is 0 Å². The van der Waals surface area contributed by atoms with Crippen LogP contribution in [0.15, 0.2) is 59.5 Å². The van der Waals surface area contributed by atoms with Crippen molar-refractivity contribution in [3.63, 3.8) is 0 Å². The first kappa shape index (κ1) is 18.8. The van der Waals surface area contributed by atoms with E-state index in [1.165, 1.54) is 0 Å². The van der Waals surface area contributed by atoms with Gasteiger partial charge in [0.25, 0.3) is 5.89 Å². The molecule has 3 heterocycles. The zero-order valence-corrected chi connectivity index (χ0v) is 16.3. The molecular weight excluding hydrogens is 368 g/mol. The van der Waals surface area contributed by atoms with Crippen LogP contribution in [-0.4, -0.2) is 38.6 Å². The van der Waals surface area contributed by atoms with E-state index in [0.29, 0.717) is 30.7 Å². The highest BCUT2D eigenvalue weighted by molar-refractivity contribution is 5.64. The lowest BCUT2D eigenvalue weighted by Crippen LogP contribution is -2.03. The third-order valence-corrected chi connectivity index (χ3v) is 4.76. The van der Waals surface area contributed by atoms with Crippen LogP contribution in [0.2, 0.25) is 0 Å². The first-order valence-corrected chi connectivity index (χ1v) is 9.31. The molecule has 0 saturated heterocycles. The van der Waals surface area contributed by atoms with Crippen LogP contribution in [0.3, 0.4) is 0 Å². The minimum atomic E-state index is -0.00497. The van der Waals surface area contributed by atoms with Crippen molar-refractivity contribution in [1.29, 1.82) is 0 Å². The molecule has 1 atom stereocenters. The van der Waals surface area contributed by atoms with E-state index in [1.807, 2.05) is 12.3 Å². The maximum Gasteiger partial charge on any atom is 0.261 e. The lowest BCUT2D eigenvalue weighted by atomic mass is 9.97. The quantitative estimate of drug-likeness (QED) is 0.516. The van der Waals surface area contributed by atoms with Gasteiger partial charge in [0.2, 0.25) is 0 Å². The molecule has 1 unspecified atom stereocenters. The van der Waals surface area contributed by atoms with Crippen LogP contribution in [0.1, 0.15) is 24.2 Å². The topological polar surface area (TPSA) is 105 Å². The molecule has 4 aromatic rings. The Bertz CT molecular complexity index is 1070. The predicted octanol–water partition coefficient (Wildman–Crippen LogP) is 3.38. The molecule has 4 rings (SSSR count). The van der Waals surface area contributed by atoms with Gasteiger partial charge in [-0.25, -0.2) is 4.98 Å². The zero-order valence-electron chi connectivity index (χ0n) is 16.3. The van der Waals surface area contributed by atoms with E-state index in [0.717, 1.165) is 22.3 Å². The molecule has 8 heteroatoms. The largest absolute Gasteiger partial charge is 0.384 e. The van der Waals surface area contributed by atoms with E-state index in [4.69, 9.17) is 15.0 Å². The van der Waals surface area contributed by atoms with Gasteiger partial charge < -0.3 is 15.0 Å². The van der Waals surface area contributed by atoms with Crippen LogP contribution < -0.4 is 5.73 Å². The number of hydrogen-bond acceptors (Lipinski definition) is 7. The second-order valence-corrected chi connectivity index (χ2v) is 6.76. The van der Waals surface area contributed by atoms with Crippen LogP contribution in [-0.2, 0) is 11.3 Å². The molecule has 0 aliphatic rings. The summed E-state index contributed by atoms with van der Waals surface area (Å²) in [6.07, 6.45) is 5.36. The maximum atomic E-state index is 5.66. The van der Waals surface area contributed by atoms with Crippen molar-refractivity contribution >= 4 is 5.82 Å². The smallest absolute Gasteiger partial charge is 0.261 e. The Kier molecular flexibility index (Phi) is 5.35. The van der Waals surface area contributed by atoms with Crippen LogP contribution in [0.25, 0.3) is 22.6 Å². The number of anilines is 1. The highest BCUT2D eigenvalue weighted by atomic mass is 16.5. The summed E-state index contributed by atoms with van der Waals surface area (Å²) in [5, 5.41) is 8.44. The summed E-state index contributed by atoms with van der Waals surface area (Å²) in [6, 6.07) is 12.0. The normalized spacial score (nSPS) is 12.2. The van der Waals surface area contributed by atoms with Crippen molar-refractivity contribution in [3.05, 3.63) is 66.4 Å². The molecule has 1 aromatic carbocycles. The molecule has 8 nitrogen and oxygen atoms in total. The van der Waals surface area contributed by atoms with Gasteiger partial charge in [0.15, 0.2) is 5.82 Å². The van der Waals surface area contributed by atoms with Crippen molar-refractivity contribution < 1.29 is 9.26 Å². The highest BCUT2D eigenvalue weighted by Gasteiger charge is 2.17. The summed E-state index contributed by atoms with van der Waals surface area (Å²) in [6.45, 7) is 3.32. The lowest BCUT2D eigenvalue weighted by molar-refractivity contribution is 0.183. The van der Waals surface area contributed by atoms with Crippen molar-refractivity contribution in [3.8, 4) is 22.6 Å². The minimum Gasteiger partial charge on any atom is -0.384 e. The monoisotopic (exact) mass is 390 g/mol. The van der Waals surface area contributed by atoms with E-state index in [9.17, 15) is 0 Å². The van der Waals surface area contributed by atoms with Crippen molar-refractivity contribution in [2.24, 2.45) is 0 Å². The summed E-state index contributed by atoms with van der Waals surface area (Å²) >= 11 is 0. The number of benzene rings is 1. The Morgan fingerprint density at radius 2 is 1.86 bits per heavy atom. The van der Waals surface area contributed by atoms with Gasteiger partial charge in [-0.05, 0) is 23.3 Å². The molecule has 29 heavy (non-hydrogen) atoms. The fourth-order valence-electron chi connectivity index (χ4n) is 3.00. The Morgan fingerprint density at radius 3 is 2.59 bits per heavy atom. The third-order valence-electron chi connectivity index (χ3n) is 4.76. The van der Waals surface area contributed by atoms with E-state index in [1.54, 1.807) is 30.3 Å². The van der Waals surface area contributed by atoms with Crippen molar-refractivity contribution in [1.82, 2.24) is 24.9 Å². The number of rotatable bonds is 7. The van der Waals surface area contributed by atoms with Crippen LogP contribution in [0.5, 0.6) is 0 Å². The van der Waals surface area contributed by atoms with E-state index >= 15 is 0 Å². The first-order chi connectivity index (χ1) is 14.1. The predicted molar refractivity (Wildman–Crippen MR) is 109 cm³/mol. The van der Waals surface area contributed by atoms with Crippen molar-refractivity contribution in [2.45, 2.75) is 19.4 Å². The molecule has 2 N–H and O–H groups in total. The third kappa shape index (κ3) is 4.17. The second kappa shape index (κ2) is 8.24. The zero-order chi connectivity index (χ0) is 20.2. The summed E-state index contributed by atoms with van der Waals surface area (Å²) in [7, 11) is 1.66. The molecular formula is C21H22N6O2. The molecule has 0 amide bonds. The highest BCUT2D eigenvalue weighted by Crippen LogP contribution is 2.27. The maximum absolute atomic E-state index is 5.66. The number of aromatic nitrogens is 5. The van der Waals surface area contributed by atoms with E-state index in [2.05, 4.69) is 51.4 Å². The van der Waals surface area contributed by atoms with Gasteiger partial charge in [-0.3, -0.25) is 4.68 Å². The fourth-order valence-corrected chi connectivity index (χ4v) is 3.00. The molecule has 3 aromatic heterocycles. The summed E-state index contributed by atoms with van der Waals surface area (Å²) < 4.78 is 12.3. The molecule has 0 radical (unpaired) electrons. The van der Waals surface area contributed by atoms with Crippen molar-refractivity contribution in [2.75, 3.05) is 19.5 Å². The number of nitrogen functional groups attached to an aromatic ring is 1. The summed E-state index contributed by atoms with van der Waals surface area (Å²) in [4.78, 5) is 8.70. The average molecular weight is 390 g/mol. The number of methoxy groups -OCH3 is 1. The number of hydrogen-bond donors (Lipinski definition) is 1. The number of nitrogens with two attached hydrogens (primary N) is 1. The number of pyridine rings is 1. The van der Waals surface area contributed by atoms with Gasteiger partial charge in [-0.2, -0.15) is 10.1 Å². The Balaban J connectivity index is 1.49. The van der Waals surface area contributed by atoms with Gasteiger partial charge in [0, 0.05) is 31.0 Å². The molecule has 148 valence electrons. The molecule has 0 spiro atoms. The Hall–Kier alpha value is -3.52. The second-order valence-electron chi connectivity index (χ2n) is 6.76. The molecule has 0 fully saturated rings. The number of ether oxygens (including phenoxy) is 1. The lowest BCUT2D eigenvalue weighted by Gasteiger charge is -2.08. The summed E-state index contributed by atoms with van der Waals surface area (Å²) in [5.74, 6) is 1.59. The minimum absolute atomic E-state index is 0.00497. The van der Waals surface area contributed by atoms with Crippen LogP contribution in [0, 0.1) is 0 Å². The molecule has 0 aliphatic heterocycles. The van der Waals surface area contributed by atoms with Crippen LogP contribution >= 0.6 is 0 Å². The molecule has 0 bridgehead atoms. The van der Waals surface area contributed by atoms with E-state index < -0.39 is 0 Å².